The molecule has 0 aromatic heterocycles. The molecule has 0 aliphatic carbocycles. The van der Waals surface area contributed by atoms with E-state index in [4.69, 9.17) is 5.73 Å². The number of rotatable bonds is 3. The van der Waals surface area contributed by atoms with Gasteiger partial charge in [-0.3, -0.25) is 4.79 Å². The molecule has 1 aromatic carbocycles. The third kappa shape index (κ3) is 2.33. The Hall–Kier alpha value is -1.35. The number of amides is 1. The average Bonchev–Trinajstić information content (AvgIpc) is 2.18. The molecule has 76 valence electrons. The number of carbonyl (C=O) groups is 1. The SMILES string of the molecule is CN(C)C(=O)c1ccccc1CCN. The summed E-state index contributed by atoms with van der Waals surface area (Å²) in [6, 6.07) is 7.59. The summed E-state index contributed by atoms with van der Waals surface area (Å²) in [5.74, 6) is 0.0362. The van der Waals surface area contributed by atoms with E-state index in [-0.39, 0.29) is 5.91 Å². The Kier molecular flexibility index (Phi) is 3.65. The van der Waals surface area contributed by atoms with Gasteiger partial charge in [-0.15, -0.1) is 0 Å². The number of benzene rings is 1. The monoisotopic (exact) mass is 192 g/mol. The molecule has 0 saturated heterocycles. The summed E-state index contributed by atoms with van der Waals surface area (Å²) in [4.78, 5) is 13.3. The molecule has 14 heavy (non-hydrogen) atoms. The maximum absolute atomic E-state index is 11.7. The zero-order chi connectivity index (χ0) is 10.6. The summed E-state index contributed by atoms with van der Waals surface area (Å²) in [7, 11) is 3.50. The first-order valence-electron chi connectivity index (χ1n) is 4.66. The third-order valence-corrected chi connectivity index (χ3v) is 2.07. The van der Waals surface area contributed by atoms with Crippen molar-refractivity contribution >= 4 is 5.91 Å². The first kappa shape index (κ1) is 10.7. The van der Waals surface area contributed by atoms with Gasteiger partial charge in [0.15, 0.2) is 0 Å². The highest BCUT2D eigenvalue weighted by Crippen LogP contribution is 2.10. The van der Waals surface area contributed by atoms with Crippen LogP contribution in [0.4, 0.5) is 0 Å². The minimum absolute atomic E-state index is 0.0362. The Morgan fingerprint density at radius 1 is 1.36 bits per heavy atom. The topological polar surface area (TPSA) is 46.3 Å². The largest absolute Gasteiger partial charge is 0.345 e. The van der Waals surface area contributed by atoms with Crippen molar-refractivity contribution in [2.75, 3.05) is 20.6 Å². The van der Waals surface area contributed by atoms with Crippen LogP contribution in [-0.4, -0.2) is 31.4 Å². The van der Waals surface area contributed by atoms with Crippen LogP contribution in [0.3, 0.4) is 0 Å². The Morgan fingerprint density at radius 2 is 2.00 bits per heavy atom. The van der Waals surface area contributed by atoms with Gasteiger partial charge in [-0.2, -0.15) is 0 Å². The first-order valence-corrected chi connectivity index (χ1v) is 4.66. The molecule has 0 heterocycles. The van der Waals surface area contributed by atoms with E-state index in [1.165, 1.54) is 0 Å². The third-order valence-electron chi connectivity index (χ3n) is 2.07. The smallest absolute Gasteiger partial charge is 0.253 e. The minimum Gasteiger partial charge on any atom is -0.345 e. The van der Waals surface area contributed by atoms with Crippen LogP contribution in [0, 0.1) is 0 Å². The highest BCUT2D eigenvalue weighted by Gasteiger charge is 2.11. The second-order valence-corrected chi connectivity index (χ2v) is 3.40. The zero-order valence-electron chi connectivity index (χ0n) is 8.66. The van der Waals surface area contributed by atoms with Crippen molar-refractivity contribution in [3.63, 3.8) is 0 Å². The van der Waals surface area contributed by atoms with Gasteiger partial charge in [0.05, 0.1) is 0 Å². The van der Waals surface area contributed by atoms with Gasteiger partial charge in [0.25, 0.3) is 5.91 Å². The van der Waals surface area contributed by atoms with Crippen LogP contribution in [0.5, 0.6) is 0 Å². The molecular formula is C11H16N2O. The average molecular weight is 192 g/mol. The fourth-order valence-corrected chi connectivity index (χ4v) is 1.34. The van der Waals surface area contributed by atoms with E-state index >= 15 is 0 Å². The molecule has 0 unspecified atom stereocenters. The van der Waals surface area contributed by atoms with Gasteiger partial charge in [0.2, 0.25) is 0 Å². The Morgan fingerprint density at radius 3 is 2.57 bits per heavy atom. The van der Waals surface area contributed by atoms with Gasteiger partial charge in [0.1, 0.15) is 0 Å². The van der Waals surface area contributed by atoms with Crippen LogP contribution < -0.4 is 5.73 Å². The standard InChI is InChI=1S/C11H16N2O/c1-13(2)11(14)10-6-4-3-5-9(10)7-8-12/h3-6H,7-8,12H2,1-2H3. The fourth-order valence-electron chi connectivity index (χ4n) is 1.34. The molecule has 0 spiro atoms. The van der Waals surface area contributed by atoms with Crippen LogP contribution in [0.25, 0.3) is 0 Å². The van der Waals surface area contributed by atoms with Crippen molar-refractivity contribution in [2.45, 2.75) is 6.42 Å². The Labute approximate surface area is 84.5 Å². The molecule has 0 aliphatic heterocycles. The van der Waals surface area contributed by atoms with Crippen molar-refractivity contribution < 1.29 is 4.79 Å². The molecule has 2 N–H and O–H groups in total. The number of nitrogens with zero attached hydrogens (tertiary/aromatic N) is 1. The number of carbonyl (C=O) groups excluding carboxylic acids is 1. The van der Waals surface area contributed by atoms with Gasteiger partial charge in [0, 0.05) is 19.7 Å². The van der Waals surface area contributed by atoms with E-state index in [0.29, 0.717) is 6.54 Å². The Balaban J connectivity index is 3.00. The minimum atomic E-state index is 0.0362. The van der Waals surface area contributed by atoms with E-state index in [0.717, 1.165) is 17.5 Å². The Bertz CT molecular complexity index is 321. The molecule has 1 aromatic rings. The van der Waals surface area contributed by atoms with E-state index in [2.05, 4.69) is 0 Å². The lowest BCUT2D eigenvalue weighted by molar-refractivity contribution is 0.0826. The number of hydrogen-bond acceptors (Lipinski definition) is 2. The highest BCUT2D eigenvalue weighted by molar-refractivity contribution is 5.95. The summed E-state index contributed by atoms with van der Waals surface area (Å²) in [6.45, 7) is 0.567. The van der Waals surface area contributed by atoms with Gasteiger partial charge >= 0.3 is 0 Å². The molecular weight excluding hydrogens is 176 g/mol. The predicted octanol–water partition coefficient (Wildman–Crippen LogP) is 0.890. The lowest BCUT2D eigenvalue weighted by atomic mass is 10.0. The van der Waals surface area contributed by atoms with Crippen molar-refractivity contribution in [3.05, 3.63) is 35.4 Å². The maximum atomic E-state index is 11.7. The first-order chi connectivity index (χ1) is 6.66. The highest BCUT2D eigenvalue weighted by atomic mass is 16.2. The lowest BCUT2D eigenvalue weighted by Crippen LogP contribution is -2.23. The van der Waals surface area contributed by atoms with Crippen LogP contribution in [-0.2, 0) is 6.42 Å². The molecule has 1 rings (SSSR count). The van der Waals surface area contributed by atoms with E-state index < -0.39 is 0 Å². The summed E-state index contributed by atoms with van der Waals surface area (Å²) in [5, 5.41) is 0. The van der Waals surface area contributed by atoms with E-state index in [1.807, 2.05) is 24.3 Å². The van der Waals surface area contributed by atoms with Crippen LogP contribution in [0.15, 0.2) is 24.3 Å². The van der Waals surface area contributed by atoms with Crippen molar-refractivity contribution in [3.8, 4) is 0 Å². The maximum Gasteiger partial charge on any atom is 0.253 e. The molecule has 0 atom stereocenters. The summed E-state index contributed by atoms with van der Waals surface area (Å²) in [5.41, 5.74) is 7.26. The van der Waals surface area contributed by atoms with Crippen LogP contribution in [0.2, 0.25) is 0 Å². The molecule has 0 bridgehead atoms. The van der Waals surface area contributed by atoms with Crippen molar-refractivity contribution in [1.29, 1.82) is 0 Å². The molecule has 0 aliphatic rings. The molecule has 0 saturated carbocycles. The number of hydrogen-bond donors (Lipinski definition) is 1. The van der Waals surface area contributed by atoms with E-state index in [9.17, 15) is 4.79 Å². The summed E-state index contributed by atoms with van der Waals surface area (Å²) in [6.07, 6.45) is 0.746. The summed E-state index contributed by atoms with van der Waals surface area (Å²) >= 11 is 0. The second-order valence-electron chi connectivity index (χ2n) is 3.40. The van der Waals surface area contributed by atoms with Crippen LogP contribution in [0.1, 0.15) is 15.9 Å². The summed E-state index contributed by atoms with van der Waals surface area (Å²) < 4.78 is 0. The molecule has 3 nitrogen and oxygen atoms in total. The number of nitrogens with two attached hydrogens (primary N) is 1. The second kappa shape index (κ2) is 4.77. The quantitative estimate of drug-likeness (QED) is 0.773. The van der Waals surface area contributed by atoms with Crippen molar-refractivity contribution in [2.24, 2.45) is 5.73 Å². The molecule has 0 fully saturated rings. The fraction of sp³-hybridized carbons (Fsp3) is 0.364. The normalized spacial score (nSPS) is 9.93. The van der Waals surface area contributed by atoms with Gasteiger partial charge in [-0.1, -0.05) is 18.2 Å². The molecule has 1 amide bonds. The molecule has 0 radical (unpaired) electrons. The molecule has 3 heteroatoms. The van der Waals surface area contributed by atoms with Crippen LogP contribution >= 0.6 is 0 Å². The van der Waals surface area contributed by atoms with Gasteiger partial charge < -0.3 is 10.6 Å². The van der Waals surface area contributed by atoms with Crippen molar-refractivity contribution in [1.82, 2.24) is 4.90 Å². The van der Waals surface area contributed by atoms with Gasteiger partial charge in [-0.25, -0.2) is 0 Å². The zero-order valence-corrected chi connectivity index (χ0v) is 8.66. The van der Waals surface area contributed by atoms with Gasteiger partial charge in [-0.05, 0) is 24.6 Å². The van der Waals surface area contributed by atoms with E-state index in [1.54, 1.807) is 19.0 Å². The lowest BCUT2D eigenvalue weighted by Gasteiger charge is -2.13. The predicted molar refractivity (Wildman–Crippen MR) is 57.2 cm³/mol.